The van der Waals surface area contributed by atoms with Crippen LogP contribution in [0.4, 0.5) is 5.69 Å². The highest BCUT2D eigenvalue weighted by Crippen LogP contribution is 2.21. The van der Waals surface area contributed by atoms with Crippen molar-refractivity contribution in [2.75, 3.05) is 12.5 Å². The molecule has 1 rings (SSSR count). The molecule has 0 heterocycles. The highest BCUT2D eigenvalue weighted by molar-refractivity contribution is 7.44. The highest BCUT2D eigenvalue weighted by atomic mass is 31.1. The van der Waals surface area contributed by atoms with Crippen molar-refractivity contribution >= 4 is 25.2 Å². The highest BCUT2D eigenvalue weighted by Gasteiger charge is 2.21. The van der Waals surface area contributed by atoms with Crippen molar-refractivity contribution in [1.29, 1.82) is 0 Å². The van der Waals surface area contributed by atoms with Gasteiger partial charge in [-0.25, -0.2) is 9.79 Å². The molecule has 0 radical (unpaired) electrons. The minimum atomic E-state index is -1.71. The van der Waals surface area contributed by atoms with Gasteiger partial charge in [-0.2, -0.15) is 0 Å². The van der Waals surface area contributed by atoms with Crippen molar-refractivity contribution in [2.45, 2.75) is 26.4 Å². The molecule has 108 valence electrons. The van der Waals surface area contributed by atoms with Gasteiger partial charge in [0, 0.05) is 6.42 Å². The summed E-state index contributed by atoms with van der Waals surface area (Å²) in [5.41, 5.74) is 0.865. The minimum absolute atomic E-state index is 0.213. The van der Waals surface area contributed by atoms with Crippen LogP contribution in [0.15, 0.2) is 35.3 Å². The van der Waals surface area contributed by atoms with Crippen LogP contribution >= 0.6 is 7.80 Å². The summed E-state index contributed by atoms with van der Waals surface area (Å²) in [7, 11) is -1.71. The summed E-state index contributed by atoms with van der Waals surface area (Å²) in [4.78, 5) is 16.2. The number of aliphatic hydroxyl groups excluding tert-OH is 1. The van der Waals surface area contributed by atoms with Crippen molar-refractivity contribution in [3.63, 3.8) is 0 Å². The lowest BCUT2D eigenvalue weighted by molar-refractivity contribution is -0.139. The fourth-order valence-electron chi connectivity index (χ4n) is 1.45. The van der Waals surface area contributed by atoms with E-state index in [4.69, 9.17) is 9.84 Å². The zero-order valence-electron chi connectivity index (χ0n) is 11.7. The van der Waals surface area contributed by atoms with Crippen molar-refractivity contribution in [2.24, 2.45) is 4.99 Å². The molecular weight excluding hydrogens is 277 g/mol. The molecule has 6 heteroatoms. The van der Waals surface area contributed by atoms with Crippen LogP contribution in [0.3, 0.4) is 0 Å². The number of carbonyl (C=O) groups excluding carboxylic acids is 1. The van der Waals surface area contributed by atoms with Crippen LogP contribution in [0.25, 0.3) is 0 Å². The summed E-state index contributed by atoms with van der Waals surface area (Å²) in [6.07, 6.45) is -0.191. The molecule has 0 aliphatic rings. The molecule has 0 aliphatic carbocycles. The van der Waals surface area contributed by atoms with Crippen LogP contribution in [-0.4, -0.2) is 35.4 Å². The summed E-state index contributed by atoms with van der Waals surface area (Å²) in [5, 5.41) is 8.78. The van der Waals surface area contributed by atoms with E-state index in [-0.39, 0.29) is 30.7 Å². The van der Waals surface area contributed by atoms with E-state index >= 15 is 0 Å². The number of nitrogens with zero attached hydrogens (tertiary/aromatic N) is 1. The van der Waals surface area contributed by atoms with Gasteiger partial charge in [0.2, 0.25) is 6.35 Å². The molecule has 0 spiro atoms. The maximum Gasteiger partial charge on any atom is 0.367 e. The van der Waals surface area contributed by atoms with Crippen LogP contribution in [0.2, 0.25) is 0 Å². The monoisotopic (exact) mass is 296 g/mol. The average Bonchev–Trinajstić information content (AvgIpc) is 2.43. The van der Waals surface area contributed by atoms with Crippen LogP contribution in [0.1, 0.15) is 20.3 Å². The molecule has 0 aromatic heterocycles. The SMILES string of the molecule is CC(C)OC(=O)C(CC[P+](=O)CO)=Nc1ccccc1. The lowest BCUT2D eigenvalue weighted by atomic mass is 10.2. The first-order valence-electron chi connectivity index (χ1n) is 6.39. The third-order valence-electron chi connectivity index (χ3n) is 2.35. The standard InChI is InChI=1S/C14H19NO4P/c1-11(2)19-14(17)13(8-9-20(18)10-16)15-12-6-4-3-5-7-12/h3-7,11,16H,8-10H2,1-2H3/q+1. The third kappa shape index (κ3) is 6.04. The van der Waals surface area contributed by atoms with Gasteiger partial charge in [0.1, 0.15) is 5.71 Å². The molecule has 0 saturated heterocycles. The number of para-hydroxylation sites is 1. The summed E-state index contributed by atoms with van der Waals surface area (Å²) < 4.78 is 16.4. The molecule has 0 amide bonds. The molecule has 0 saturated carbocycles. The van der Waals surface area contributed by atoms with Gasteiger partial charge in [-0.3, -0.25) is 0 Å². The second-order valence-corrected chi connectivity index (χ2v) is 6.14. The Bertz CT molecular complexity index is 485. The third-order valence-corrected chi connectivity index (χ3v) is 3.39. The largest absolute Gasteiger partial charge is 0.458 e. The van der Waals surface area contributed by atoms with Gasteiger partial charge in [-0.15, -0.1) is 0 Å². The number of ether oxygens (including phenoxy) is 1. The average molecular weight is 296 g/mol. The molecule has 5 nitrogen and oxygen atoms in total. The number of hydrogen-bond acceptors (Lipinski definition) is 5. The van der Waals surface area contributed by atoms with Crippen molar-refractivity contribution in [3.05, 3.63) is 30.3 Å². The number of esters is 1. The van der Waals surface area contributed by atoms with Crippen LogP contribution in [-0.2, 0) is 14.1 Å². The fourth-order valence-corrected chi connectivity index (χ4v) is 2.05. The second kappa shape index (κ2) is 8.56. The molecule has 1 aromatic rings. The van der Waals surface area contributed by atoms with Gasteiger partial charge >= 0.3 is 13.8 Å². The van der Waals surface area contributed by atoms with E-state index in [0.717, 1.165) is 0 Å². The Morgan fingerprint density at radius 2 is 2.00 bits per heavy atom. The Hall–Kier alpha value is -1.58. The summed E-state index contributed by atoms with van der Waals surface area (Å²) >= 11 is 0. The molecule has 1 unspecified atom stereocenters. The van der Waals surface area contributed by atoms with Crippen LogP contribution in [0, 0.1) is 0 Å². The first-order chi connectivity index (χ1) is 9.52. The zero-order valence-corrected chi connectivity index (χ0v) is 12.5. The number of aliphatic imine (C=N–C) groups is 1. The number of carbonyl (C=O) groups is 1. The predicted molar refractivity (Wildman–Crippen MR) is 78.9 cm³/mol. The fraction of sp³-hybridized carbons (Fsp3) is 0.429. The Morgan fingerprint density at radius 3 is 2.55 bits per heavy atom. The van der Waals surface area contributed by atoms with Crippen LogP contribution in [0.5, 0.6) is 0 Å². The van der Waals surface area contributed by atoms with Gasteiger partial charge in [-0.1, -0.05) is 22.8 Å². The summed E-state index contributed by atoms with van der Waals surface area (Å²) in [6, 6.07) is 9.04. The van der Waals surface area contributed by atoms with E-state index in [0.29, 0.717) is 5.69 Å². The van der Waals surface area contributed by atoms with E-state index in [9.17, 15) is 9.36 Å². The lowest BCUT2D eigenvalue weighted by Gasteiger charge is -2.08. The normalized spacial score (nSPS) is 12.4. The smallest absolute Gasteiger partial charge is 0.367 e. The van der Waals surface area contributed by atoms with E-state index < -0.39 is 13.8 Å². The Labute approximate surface area is 119 Å². The van der Waals surface area contributed by atoms with Gasteiger partial charge < -0.3 is 9.84 Å². The van der Waals surface area contributed by atoms with Crippen LogP contribution < -0.4 is 0 Å². The van der Waals surface area contributed by atoms with Crippen molar-refractivity contribution in [1.82, 2.24) is 0 Å². The minimum Gasteiger partial charge on any atom is -0.458 e. The zero-order chi connectivity index (χ0) is 15.0. The molecule has 0 aliphatic heterocycles. The van der Waals surface area contributed by atoms with E-state index in [2.05, 4.69) is 4.99 Å². The Kier molecular flexibility index (Phi) is 7.05. The first-order valence-corrected chi connectivity index (χ1v) is 8.02. The molecule has 1 aromatic carbocycles. The quantitative estimate of drug-likeness (QED) is 0.477. The van der Waals surface area contributed by atoms with Gasteiger partial charge in [0.05, 0.1) is 11.8 Å². The van der Waals surface area contributed by atoms with E-state index in [1.165, 1.54) is 0 Å². The van der Waals surface area contributed by atoms with Crippen molar-refractivity contribution < 1.29 is 19.2 Å². The van der Waals surface area contributed by atoms with E-state index in [1.54, 1.807) is 26.0 Å². The first kappa shape index (κ1) is 16.5. The molecule has 1 N–H and O–H groups in total. The Balaban J connectivity index is 2.86. The molecule has 1 atom stereocenters. The van der Waals surface area contributed by atoms with Gasteiger partial charge in [0.15, 0.2) is 6.16 Å². The molecule has 20 heavy (non-hydrogen) atoms. The van der Waals surface area contributed by atoms with Gasteiger partial charge in [0.25, 0.3) is 0 Å². The number of benzene rings is 1. The summed E-state index contributed by atoms with van der Waals surface area (Å²) in [5.74, 6) is -0.509. The van der Waals surface area contributed by atoms with Crippen molar-refractivity contribution in [3.8, 4) is 0 Å². The number of rotatable bonds is 7. The number of hydrogen-bond donors (Lipinski definition) is 1. The molecule has 0 bridgehead atoms. The number of aliphatic hydroxyl groups is 1. The van der Waals surface area contributed by atoms with Gasteiger partial charge in [-0.05, 0) is 26.0 Å². The maximum atomic E-state index is 11.9. The maximum absolute atomic E-state index is 11.9. The summed E-state index contributed by atoms with van der Waals surface area (Å²) in [6.45, 7) is 3.51. The molecule has 0 fully saturated rings. The lowest BCUT2D eigenvalue weighted by Crippen LogP contribution is -2.21. The topological polar surface area (TPSA) is 76.0 Å². The predicted octanol–water partition coefficient (Wildman–Crippen LogP) is 2.88. The second-order valence-electron chi connectivity index (χ2n) is 4.44. The molecular formula is C14H19NO4P+. The van der Waals surface area contributed by atoms with E-state index in [1.807, 2.05) is 18.2 Å². The Morgan fingerprint density at radius 1 is 1.35 bits per heavy atom.